The number of fused-ring (bicyclic) bond motifs is 2. The highest BCUT2D eigenvalue weighted by Gasteiger charge is 2.18. The van der Waals surface area contributed by atoms with Crippen molar-refractivity contribution < 1.29 is 14.3 Å². The van der Waals surface area contributed by atoms with Gasteiger partial charge in [0.05, 0.1) is 18.5 Å². The summed E-state index contributed by atoms with van der Waals surface area (Å²) in [6.45, 7) is 3.27. The summed E-state index contributed by atoms with van der Waals surface area (Å²) in [5.41, 5.74) is 3.67. The van der Waals surface area contributed by atoms with E-state index in [1.54, 1.807) is 0 Å². The minimum absolute atomic E-state index is 0.0139. The first-order chi connectivity index (χ1) is 12.7. The minimum atomic E-state index is -0.201. The fourth-order valence-corrected chi connectivity index (χ4v) is 4.26. The third-order valence-electron chi connectivity index (χ3n) is 4.77. The van der Waals surface area contributed by atoms with E-state index < -0.39 is 0 Å². The van der Waals surface area contributed by atoms with Crippen molar-refractivity contribution in [2.45, 2.75) is 42.8 Å². The van der Waals surface area contributed by atoms with Crippen molar-refractivity contribution in [1.29, 1.82) is 0 Å². The Balaban J connectivity index is 1.40. The van der Waals surface area contributed by atoms with Crippen LogP contribution in [0.25, 0.3) is 0 Å². The van der Waals surface area contributed by atoms with Crippen LogP contribution in [-0.2, 0) is 17.6 Å². The average molecular weight is 369 g/mol. The molecular formula is C21H23NO3S. The van der Waals surface area contributed by atoms with Crippen LogP contribution in [0.1, 0.15) is 30.9 Å². The van der Waals surface area contributed by atoms with E-state index in [2.05, 4.69) is 17.4 Å². The molecule has 26 heavy (non-hydrogen) atoms. The van der Waals surface area contributed by atoms with Gasteiger partial charge in [0.1, 0.15) is 0 Å². The maximum atomic E-state index is 12.6. The number of benzene rings is 2. The molecule has 0 saturated carbocycles. The molecule has 1 amide bonds. The van der Waals surface area contributed by atoms with Gasteiger partial charge in [0.2, 0.25) is 5.91 Å². The van der Waals surface area contributed by atoms with Crippen LogP contribution in [0.2, 0.25) is 0 Å². The lowest BCUT2D eigenvalue weighted by Gasteiger charge is -2.14. The van der Waals surface area contributed by atoms with Gasteiger partial charge in [-0.05, 0) is 67.6 Å². The number of hydrogen-bond acceptors (Lipinski definition) is 4. The van der Waals surface area contributed by atoms with Gasteiger partial charge < -0.3 is 14.8 Å². The van der Waals surface area contributed by atoms with Crippen molar-refractivity contribution in [2.24, 2.45) is 0 Å². The molecule has 1 unspecified atom stereocenters. The number of aryl methyl sites for hydroxylation is 2. The number of carbonyl (C=O) groups is 1. The van der Waals surface area contributed by atoms with Crippen molar-refractivity contribution in [2.75, 3.05) is 18.5 Å². The molecule has 0 spiro atoms. The van der Waals surface area contributed by atoms with Crippen LogP contribution in [0, 0.1) is 0 Å². The van der Waals surface area contributed by atoms with Crippen molar-refractivity contribution in [3.63, 3.8) is 0 Å². The monoisotopic (exact) mass is 369 g/mol. The molecule has 136 valence electrons. The Hall–Kier alpha value is -2.14. The smallest absolute Gasteiger partial charge is 0.237 e. The highest BCUT2D eigenvalue weighted by molar-refractivity contribution is 8.00. The molecule has 4 nitrogen and oxygen atoms in total. The SMILES string of the molecule is CC(Sc1ccc2c(c1)OCCCO2)C(=O)Nc1ccc2c(c1)CCC2. The molecular weight excluding hydrogens is 346 g/mol. The van der Waals surface area contributed by atoms with Crippen LogP contribution in [0.15, 0.2) is 41.3 Å². The number of amides is 1. The molecule has 2 aromatic rings. The Morgan fingerprint density at radius 3 is 2.69 bits per heavy atom. The van der Waals surface area contributed by atoms with E-state index in [4.69, 9.17) is 9.47 Å². The lowest BCUT2D eigenvalue weighted by Crippen LogP contribution is -2.22. The third kappa shape index (κ3) is 3.83. The molecule has 1 aliphatic carbocycles. The van der Waals surface area contributed by atoms with Crippen LogP contribution in [-0.4, -0.2) is 24.4 Å². The Morgan fingerprint density at radius 1 is 1.00 bits per heavy atom. The summed E-state index contributed by atoms with van der Waals surface area (Å²) in [5.74, 6) is 1.56. The summed E-state index contributed by atoms with van der Waals surface area (Å²) in [4.78, 5) is 13.6. The van der Waals surface area contributed by atoms with Crippen LogP contribution in [0.4, 0.5) is 5.69 Å². The zero-order valence-electron chi connectivity index (χ0n) is 14.9. The fourth-order valence-electron chi connectivity index (χ4n) is 3.37. The Labute approximate surface area is 158 Å². The molecule has 0 radical (unpaired) electrons. The number of rotatable bonds is 4. The van der Waals surface area contributed by atoms with Crippen LogP contribution in [0.5, 0.6) is 11.5 Å². The van der Waals surface area contributed by atoms with Crippen molar-refractivity contribution in [1.82, 2.24) is 0 Å². The quantitative estimate of drug-likeness (QED) is 0.809. The number of thioether (sulfide) groups is 1. The third-order valence-corrected chi connectivity index (χ3v) is 5.86. The number of ether oxygens (including phenoxy) is 2. The Bertz CT molecular complexity index is 821. The van der Waals surface area contributed by atoms with Gasteiger partial charge >= 0.3 is 0 Å². The number of nitrogens with one attached hydrogen (secondary N) is 1. The zero-order chi connectivity index (χ0) is 17.9. The largest absolute Gasteiger partial charge is 0.490 e. The lowest BCUT2D eigenvalue weighted by molar-refractivity contribution is -0.115. The van der Waals surface area contributed by atoms with E-state index in [-0.39, 0.29) is 11.2 Å². The molecule has 1 N–H and O–H groups in total. The molecule has 1 aliphatic heterocycles. The molecule has 0 aromatic heterocycles. The topological polar surface area (TPSA) is 47.6 Å². The van der Waals surface area contributed by atoms with Crippen LogP contribution < -0.4 is 14.8 Å². The second-order valence-electron chi connectivity index (χ2n) is 6.75. The van der Waals surface area contributed by atoms with Gasteiger partial charge in [-0.15, -0.1) is 11.8 Å². The summed E-state index contributed by atoms with van der Waals surface area (Å²) >= 11 is 1.53. The first kappa shape index (κ1) is 17.3. The number of anilines is 1. The van der Waals surface area contributed by atoms with E-state index in [1.807, 2.05) is 31.2 Å². The van der Waals surface area contributed by atoms with Gasteiger partial charge in [0.15, 0.2) is 11.5 Å². The predicted molar refractivity (Wildman–Crippen MR) is 104 cm³/mol. The summed E-state index contributed by atoms with van der Waals surface area (Å²) in [7, 11) is 0. The average Bonchev–Trinajstić information content (AvgIpc) is 2.98. The van der Waals surface area contributed by atoms with Gasteiger partial charge in [-0.25, -0.2) is 0 Å². The number of carbonyl (C=O) groups excluding carboxylic acids is 1. The Kier molecular flexibility index (Phi) is 5.07. The van der Waals surface area contributed by atoms with Gasteiger partial charge in [0.25, 0.3) is 0 Å². The molecule has 2 aromatic carbocycles. The van der Waals surface area contributed by atoms with E-state index >= 15 is 0 Å². The maximum absolute atomic E-state index is 12.6. The summed E-state index contributed by atoms with van der Waals surface area (Å²) in [6, 6.07) is 12.1. The van der Waals surface area contributed by atoms with Gasteiger partial charge in [-0.2, -0.15) is 0 Å². The predicted octanol–water partition coefficient (Wildman–Crippen LogP) is 4.46. The molecule has 1 atom stereocenters. The summed E-state index contributed by atoms with van der Waals surface area (Å²) in [5, 5.41) is 2.85. The maximum Gasteiger partial charge on any atom is 0.237 e. The van der Waals surface area contributed by atoms with Crippen LogP contribution in [0.3, 0.4) is 0 Å². The van der Waals surface area contributed by atoms with Crippen molar-refractivity contribution >= 4 is 23.4 Å². The molecule has 2 aliphatic rings. The van der Waals surface area contributed by atoms with E-state index in [9.17, 15) is 4.79 Å². The van der Waals surface area contributed by atoms with Crippen LogP contribution >= 0.6 is 11.8 Å². The first-order valence-corrected chi connectivity index (χ1v) is 10.1. The number of hydrogen-bond donors (Lipinski definition) is 1. The van der Waals surface area contributed by atoms with E-state index in [0.717, 1.165) is 41.3 Å². The standard InChI is InChI=1S/C21H23NO3S/c1-14(21(23)22-17-7-6-15-4-2-5-16(15)12-17)26-18-8-9-19-20(13-18)25-11-3-10-24-19/h6-9,12-14H,2-5,10-11H2,1H3,(H,22,23). The van der Waals surface area contributed by atoms with E-state index in [0.29, 0.717) is 13.2 Å². The summed E-state index contributed by atoms with van der Waals surface area (Å²) in [6.07, 6.45) is 4.36. The minimum Gasteiger partial charge on any atom is -0.490 e. The van der Waals surface area contributed by atoms with Crippen molar-refractivity contribution in [3.05, 3.63) is 47.5 Å². The Morgan fingerprint density at radius 2 is 1.81 bits per heavy atom. The second kappa shape index (κ2) is 7.62. The van der Waals surface area contributed by atoms with Gasteiger partial charge in [0, 0.05) is 17.0 Å². The fraction of sp³-hybridized carbons (Fsp3) is 0.381. The van der Waals surface area contributed by atoms with Crippen molar-refractivity contribution in [3.8, 4) is 11.5 Å². The zero-order valence-corrected chi connectivity index (χ0v) is 15.7. The lowest BCUT2D eigenvalue weighted by atomic mass is 10.1. The van der Waals surface area contributed by atoms with Gasteiger partial charge in [-0.3, -0.25) is 4.79 Å². The highest BCUT2D eigenvalue weighted by atomic mass is 32.2. The molecule has 5 heteroatoms. The molecule has 0 fully saturated rings. The normalized spacial score (nSPS) is 16.5. The molecule has 1 heterocycles. The summed E-state index contributed by atoms with van der Waals surface area (Å²) < 4.78 is 11.4. The highest BCUT2D eigenvalue weighted by Crippen LogP contribution is 2.35. The van der Waals surface area contributed by atoms with Gasteiger partial charge in [-0.1, -0.05) is 6.07 Å². The second-order valence-corrected chi connectivity index (χ2v) is 8.16. The molecule has 4 rings (SSSR count). The first-order valence-electron chi connectivity index (χ1n) is 9.18. The van der Waals surface area contributed by atoms with E-state index in [1.165, 1.54) is 29.3 Å². The molecule has 0 saturated heterocycles. The molecule has 0 bridgehead atoms.